The van der Waals surface area contributed by atoms with E-state index in [1.807, 2.05) is 18.2 Å². The van der Waals surface area contributed by atoms with Crippen molar-refractivity contribution < 1.29 is 8.83 Å². The van der Waals surface area contributed by atoms with Gasteiger partial charge in [-0.05, 0) is 113 Å². The van der Waals surface area contributed by atoms with E-state index in [0.717, 1.165) is 60.7 Å². The minimum absolute atomic E-state index is 0.868. The third-order valence-electron chi connectivity index (χ3n) is 12.1. The first-order valence-electron chi connectivity index (χ1n) is 19.7. The highest BCUT2D eigenvalue weighted by molar-refractivity contribution is 6.16. The molecule has 0 saturated heterocycles. The molecule has 0 unspecified atom stereocenters. The van der Waals surface area contributed by atoms with E-state index in [0.29, 0.717) is 0 Å². The maximum atomic E-state index is 6.36. The molecule has 4 heteroatoms. The van der Waals surface area contributed by atoms with Gasteiger partial charge in [-0.3, -0.25) is 0 Å². The summed E-state index contributed by atoms with van der Waals surface area (Å²) < 4.78 is 17.4. The van der Waals surface area contributed by atoms with Crippen LogP contribution in [0.15, 0.2) is 203 Å². The van der Waals surface area contributed by atoms with Crippen molar-refractivity contribution in [3.8, 4) is 33.6 Å². The van der Waals surface area contributed by atoms with Gasteiger partial charge in [0.05, 0.1) is 22.1 Å². The zero-order valence-electron chi connectivity index (χ0n) is 31.2. The minimum atomic E-state index is 0.868. The Balaban J connectivity index is 0.895. The van der Waals surface area contributed by atoms with E-state index in [2.05, 4.69) is 185 Å². The van der Waals surface area contributed by atoms with Crippen molar-refractivity contribution in [1.82, 2.24) is 9.13 Å². The first-order valence-corrected chi connectivity index (χ1v) is 19.7. The smallest absolute Gasteiger partial charge is 0.136 e. The van der Waals surface area contributed by atoms with E-state index >= 15 is 0 Å². The summed E-state index contributed by atoms with van der Waals surface area (Å²) in [5, 5.41) is 9.30. The van der Waals surface area contributed by atoms with E-state index < -0.39 is 0 Å². The highest BCUT2D eigenvalue weighted by Crippen LogP contribution is 2.40. The molecule has 0 bridgehead atoms. The molecule has 13 aromatic rings. The van der Waals surface area contributed by atoms with E-state index in [1.54, 1.807) is 0 Å². The number of nitrogens with zero attached hydrogens (tertiary/aromatic N) is 2. The summed E-state index contributed by atoms with van der Waals surface area (Å²) in [6.07, 6.45) is 0. The fourth-order valence-corrected chi connectivity index (χ4v) is 9.42. The molecule has 13 rings (SSSR count). The minimum Gasteiger partial charge on any atom is -0.456 e. The van der Waals surface area contributed by atoms with Crippen LogP contribution in [0.1, 0.15) is 0 Å². The van der Waals surface area contributed by atoms with Gasteiger partial charge in [0.1, 0.15) is 22.3 Å². The van der Waals surface area contributed by atoms with Gasteiger partial charge in [-0.25, -0.2) is 0 Å². The SMILES string of the molecule is c1ccc(-n2c3ccccc3c3cc(-c4ccc5c(c4)c4ccccc4n5-c4ccc(-c5ccc6oc7cc8c(cc7c6c5)oc5ccccc58)cc4)ccc32)cc1. The van der Waals surface area contributed by atoms with Gasteiger partial charge < -0.3 is 18.0 Å². The Morgan fingerprint density at radius 1 is 0.241 bits per heavy atom. The fraction of sp³-hybridized carbons (Fsp3) is 0. The molecular formula is C54H32N2O2. The number of para-hydroxylation sites is 4. The van der Waals surface area contributed by atoms with Gasteiger partial charge in [-0.1, -0.05) is 103 Å². The molecule has 0 N–H and O–H groups in total. The number of fused-ring (bicyclic) bond motifs is 12. The molecule has 270 valence electrons. The van der Waals surface area contributed by atoms with Crippen LogP contribution in [-0.4, -0.2) is 9.13 Å². The third-order valence-corrected chi connectivity index (χ3v) is 12.1. The Kier molecular flexibility index (Phi) is 6.41. The van der Waals surface area contributed by atoms with Crippen molar-refractivity contribution in [2.75, 3.05) is 0 Å². The molecule has 0 atom stereocenters. The molecule has 0 aliphatic rings. The predicted molar refractivity (Wildman–Crippen MR) is 241 cm³/mol. The summed E-state index contributed by atoms with van der Waals surface area (Å²) in [5.41, 5.74) is 15.3. The average Bonchev–Trinajstić information content (AvgIpc) is 4.02. The normalized spacial score (nSPS) is 12.1. The van der Waals surface area contributed by atoms with Crippen LogP contribution in [0, 0.1) is 0 Å². The number of hydrogen-bond acceptors (Lipinski definition) is 2. The van der Waals surface area contributed by atoms with Crippen molar-refractivity contribution >= 4 is 87.5 Å². The molecule has 0 radical (unpaired) electrons. The number of rotatable bonds is 4. The predicted octanol–water partition coefficient (Wildman–Crippen LogP) is 15.0. The highest BCUT2D eigenvalue weighted by atomic mass is 16.3. The summed E-state index contributed by atoms with van der Waals surface area (Å²) in [4.78, 5) is 0. The Morgan fingerprint density at radius 3 is 1.29 bits per heavy atom. The van der Waals surface area contributed by atoms with Gasteiger partial charge in [0.2, 0.25) is 0 Å². The van der Waals surface area contributed by atoms with E-state index in [4.69, 9.17) is 8.83 Å². The van der Waals surface area contributed by atoms with Gasteiger partial charge >= 0.3 is 0 Å². The molecule has 4 nitrogen and oxygen atoms in total. The van der Waals surface area contributed by atoms with Crippen molar-refractivity contribution in [3.05, 3.63) is 194 Å². The molecule has 0 aliphatic heterocycles. The van der Waals surface area contributed by atoms with E-state index in [-0.39, 0.29) is 0 Å². The second kappa shape index (κ2) is 11.8. The lowest BCUT2D eigenvalue weighted by atomic mass is 10.0. The molecule has 58 heavy (non-hydrogen) atoms. The van der Waals surface area contributed by atoms with Gasteiger partial charge in [0.15, 0.2) is 0 Å². The molecular weight excluding hydrogens is 709 g/mol. The summed E-state index contributed by atoms with van der Waals surface area (Å²) in [5.74, 6) is 0. The van der Waals surface area contributed by atoms with Gasteiger partial charge in [-0.15, -0.1) is 0 Å². The first kappa shape index (κ1) is 31.4. The molecule has 4 aromatic heterocycles. The molecule has 9 aromatic carbocycles. The number of furan rings is 2. The molecule has 0 saturated carbocycles. The van der Waals surface area contributed by atoms with Crippen LogP contribution in [0.2, 0.25) is 0 Å². The monoisotopic (exact) mass is 740 g/mol. The van der Waals surface area contributed by atoms with Crippen molar-refractivity contribution in [1.29, 1.82) is 0 Å². The maximum Gasteiger partial charge on any atom is 0.136 e. The molecule has 4 heterocycles. The summed E-state index contributed by atoms with van der Waals surface area (Å²) >= 11 is 0. The molecule has 0 amide bonds. The Labute approximate surface area is 332 Å². The Morgan fingerprint density at radius 2 is 0.655 bits per heavy atom. The third kappa shape index (κ3) is 4.51. The maximum absolute atomic E-state index is 6.36. The second-order valence-electron chi connectivity index (χ2n) is 15.3. The largest absolute Gasteiger partial charge is 0.456 e. The standard InChI is InChI=1S/C54H32N2O2/c1-2-10-37(11-3-1)55-47-15-7-4-12-39(47)42-28-35(20-25-49(42)55)36-21-26-50-43(29-36)40-13-5-8-16-48(40)56(50)38-23-18-33(19-24-38)34-22-27-52-44(30-34)46-32-53-45(31-54(46)58-52)41-14-6-9-17-51(41)57-53/h1-32H. The summed E-state index contributed by atoms with van der Waals surface area (Å²) in [6.45, 7) is 0. The quantitative estimate of drug-likeness (QED) is 0.180. The van der Waals surface area contributed by atoms with Crippen LogP contribution in [0.3, 0.4) is 0 Å². The lowest BCUT2D eigenvalue weighted by Gasteiger charge is -2.10. The van der Waals surface area contributed by atoms with Crippen molar-refractivity contribution in [3.63, 3.8) is 0 Å². The second-order valence-corrected chi connectivity index (χ2v) is 15.3. The molecule has 0 aliphatic carbocycles. The van der Waals surface area contributed by atoms with Gasteiger partial charge in [0.25, 0.3) is 0 Å². The van der Waals surface area contributed by atoms with Crippen LogP contribution in [0.4, 0.5) is 0 Å². The van der Waals surface area contributed by atoms with E-state index in [9.17, 15) is 0 Å². The highest BCUT2D eigenvalue weighted by Gasteiger charge is 2.17. The van der Waals surface area contributed by atoms with Gasteiger partial charge in [0, 0.05) is 54.5 Å². The van der Waals surface area contributed by atoms with Crippen molar-refractivity contribution in [2.45, 2.75) is 0 Å². The molecule has 0 spiro atoms. The summed E-state index contributed by atoms with van der Waals surface area (Å²) in [7, 11) is 0. The zero-order chi connectivity index (χ0) is 37.9. The lowest BCUT2D eigenvalue weighted by Crippen LogP contribution is -1.94. The van der Waals surface area contributed by atoms with Crippen LogP contribution < -0.4 is 0 Å². The van der Waals surface area contributed by atoms with Crippen molar-refractivity contribution in [2.24, 2.45) is 0 Å². The van der Waals surface area contributed by atoms with Crippen LogP contribution in [0.5, 0.6) is 0 Å². The number of hydrogen-bond donors (Lipinski definition) is 0. The summed E-state index contributed by atoms with van der Waals surface area (Å²) in [6, 6.07) is 69.7. The van der Waals surface area contributed by atoms with Gasteiger partial charge in [-0.2, -0.15) is 0 Å². The van der Waals surface area contributed by atoms with Crippen LogP contribution in [0.25, 0.3) is 121 Å². The Bertz CT molecular complexity index is 3780. The Hall–Kier alpha value is -7.82. The molecule has 0 fully saturated rings. The zero-order valence-corrected chi connectivity index (χ0v) is 31.2. The van der Waals surface area contributed by atoms with Crippen LogP contribution in [-0.2, 0) is 0 Å². The average molecular weight is 741 g/mol. The first-order chi connectivity index (χ1) is 28.7. The number of benzene rings is 9. The lowest BCUT2D eigenvalue weighted by molar-refractivity contribution is 0.664. The topological polar surface area (TPSA) is 36.1 Å². The van der Waals surface area contributed by atoms with E-state index in [1.165, 1.54) is 60.4 Å². The fourth-order valence-electron chi connectivity index (χ4n) is 9.42. The number of aromatic nitrogens is 2. The van der Waals surface area contributed by atoms with Crippen LogP contribution >= 0.6 is 0 Å².